The van der Waals surface area contributed by atoms with Gasteiger partial charge in [0.15, 0.2) is 0 Å². The highest BCUT2D eigenvalue weighted by Gasteiger charge is 2.37. The van der Waals surface area contributed by atoms with Crippen molar-refractivity contribution in [2.24, 2.45) is 11.0 Å². The number of esters is 1. The zero-order valence-corrected chi connectivity index (χ0v) is 20.1. The van der Waals surface area contributed by atoms with Gasteiger partial charge in [0, 0.05) is 24.3 Å². The average Bonchev–Trinajstić information content (AvgIpc) is 3.24. The van der Waals surface area contributed by atoms with Crippen molar-refractivity contribution in [3.63, 3.8) is 0 Å². The number of ether oxygens (including phenoxy) is 4. The molecule has 2 aliphatic heterocycles. The molecule has 0 aliphatic carbocycles. The summed E-state index contributed by atoms with van der Waals surface area (Å²) in [6.45, 7) is 6.48. The van der Waals surface area contributed by atoms with Gasteiger partial charge in [0.2, 0.25) is 0 Å². The van der Waals surface area contributed by atoms with Gasteiger partial charge in [-0.05, 0) is 44.7 Å². The summed E-state index contributed by atoms with van der Waals surface area (Å²) in [5, 5.41) is 6.69. The monoisotopic (exact) mass is 494 g/mol. The first-order valence-electron chi connectivity index (χ1n) is 11.1. The first kappa shape index (κ1) is 28.0. The Morgan fingerprint density at radius 2 is 1.91 bits per heavy atom. The minimum atomic E-state index is -4.64. The fraction of sp³-hybridized carbons (Fsp3) is 0.947. The second kappa shape index (κ2) is 13.6. The second-order valence-corrected chi connectivity index (χ2v) is 9.77. The molecule has 7 unspecified atom stereocenters. The first-order chi connectivity index (χ1) is 15.6. The van der Waals surface area contributed by atoms with Crippen molar-refractivity contribution in [2.45, 2.75) is 83.2 Å². The molecule has 0 radical (unpaired) electrons. The summed E-state index contributed by atoms with van der Waals surface area (Å²) in [4.78, 5) is 32.5. The number of carbonyl (C=O) groups is 1. The van der Waals surface area contributed by atoms with Crippen molar-refractivity contribution in [1.82, 2.24) is 5.32 Å². The van der Waals surface area contributed by atoms with Crippen LogP contribution in [-0.4, -0.2) is 78.8 Å². The number of hydrogen-bond donors (Lipinski definition) is 3. The van der Waals surface area contributed by atoms with Gasteiger partial charge in [-0.2, -0.15) is 0 Å². The number of hydrogen-bond acceptors (Lipinski definition) is 9. The number of carbonyl (C=O) groups excluding carboxylic acids is 1. The molecule has 0 amide bonds. The van der Waals surface area contributed by atoms with Crippen molar-refractivity contribution in [3.05, 3.63) is 10.4 Å². The maximum atomic E-state index is 11.9. The van der Waals surface area contributed by atoms with Gasteiger partial charge < -0.3 is 34.1 Å². The summed E-state index contributed by atoms with van der Waals surface area (Å²) < 4.78 is 37.9. The van der Waals surface area contributed by atoms with E-state index in [1.54, 1.807) is 6.92 Å². The average molecular weight is 494 g/mol. The highest BCUT2D eigenvalue weighted by Crippen LogP contribution is 2.37. The quantitative estimate of drug-likeness (QED) is 0.0807. The van der Waals surface area contributed by atoms with E-state index in [9.17, 15) is 9.36 Å². The van der Waals surface area contributed by atoms with E-state index in [0.717, 1.165) is 6.42 Å². The first-order valence-corrected chi connectivity index (χ1v) is 12.7. The molecule has 0 bridgehead atoms. The lowest BCUT2D eigenvalue weighted by Crippen LogP contribution is -2.36. The maximum absolute atomic E-state index is 11.9. The van der Waals surface area contributed by atoms with Crippen LogP contribution >= 0.6 is 7.82 Å². The lowest BCUT2D eigenvalue weighted by Gasteiger charge is -2.23. The van der Waals surface area contributed by atoms with Gasteiger partial charge in [-0.15, -0.1) is 0 Å². The molecule has 2 saturated heterocycles. The molecule has 33 heavy (non-hydrogen) atoms. The van der Waals surface area contributed by atoms with Gasteiger partial charge in [0.05, 0.1) is 31.0 Å². The molecule has 13 nitrogen and oxygen atoms in total. The molecule has 0 aromatic carbocycles. The highest BCUT2D eigenvalue weighted by atomic mass is 31.2. The Morgan fingerprint density at radius 1 is 1.21 bits per heavy atom. The summed E-state index contributed by atoms with van der Waals surface area (Å²) in [5.74, 6) is 0.0725. The van der Waals surface area contributed by atoms with E-state index in [2.05, 4.69) is 26.8 Å². The molecule has 14 heteroatoms. The molecular formula is C19H35N4O9P. The van der Waals surface area contributed by atoms with E-state index < -0.39 is 26.3 Å². The Balaban J connectivity index is 1.66. The van der Waals surface area contributed by atoms with E-state index in [4.69, 9.17) is 34.3 Å². The van der Waals surface area contributed by atoms with Crippen LogP contribution in [0.2, 0.25) is 0 Å². The molecule has 2 aliphatic rings. The molecular weight excluding hydrogens is 459 g/mol. The van der Waals surface area contributed by atoms with Crippen LogP contribution in [0.5, 0.6) is 0 Å². The fourth-order valence-corrected chi connectivity index (χ4v) is 4.29. The lowest BCUT2D eigenvalue weighted by atomic mass is 10.0. The van der Waals surface area contributed by atoms with Gasteiger partial charge in [-0.3, -0.25) is 9.32 Å². The van der Waals surface area contributed by atoms with Crippen LogP contribution < -0.4 is 5.32 Å². The molecule has 0 spiro atoms. The predicted octanol–water partition coefficient (Wildman–Crippen LogP) is 2.02. The third-order valence-corrected chi connectivity index (χ3v) is 6.00. The van der Waals surface area contributed by atoms with Crippen molar-refractivity contribution >= 4 is 13.8 Å². The molecule has 0 saturated carbocycles. The van der Waals surface area contributed by atoms with Crippen LogP contribution in [0.15, 0.2) is 5.11 Å². The molecule has 2 fully saturated rings. The summed E-state index contributed by atoms with van der Waals surface area (Å²) in [6.07, 6.45) is 0.0101. The Morgan fingerprint density at radius 3 is 2.55 bits per heavy atom. The summed E-state index contributed by atoms with van der Waals surface area (Å²) in [7, 11) is -4.64. The Hall–Kier alpha value is -1.27. The number of nitrogens with one attached hydrogen (secondary N) is 1. The van der Waals surface area contributed by atoms with Crippen molar-refractivity contribution in [2.75, 3.05) is 26.3 Å². The van der Waals surface area contributed by atoms with E-state index >= 15 is 0 Å². The van der Waals surface area contributed by atoms with Gasteiger partial charge in [-0.1, -0.05) is 12.0 Å². The van der Waals surface area contributed by atoms with Gasteiger partial charge in [0.1, 0.15) is 18.9 Å². The van der Waals surface area contributed by atoms with Crippen LogP contribution in [0.25, 0.3) is 10.4 Å². The fourth-order valence-electron chi connectivity index (χ4n) is 3.95. The number of phosphoric acid groups is 1. The summed E-state index contributed by atoms with van der Waals surface area (Å²) in [6, 6.07) is 0. The second-order valence-electron chi connectivity index (χ2n) is 8.53. The Kier molecular flexibility index (Phi) is 11.5. The zero-order valence-electron chi connectivity index (χ0n) is 19.2. The lowest BCUT2D eigenvalue weighted by molar-refractivity contribution is -0.148. The largest absolute Gasteiger partial charge is 0.469 e. The van der Waals surface area contributed by atoms with Crippen molar-refractivity contribution in [3.8, 4) is 0 Å². The third-order valence-electron chi connectivity index (χ3n) is 5.51. The molecule has 0 aromatic rings. The van der Waals surface area contributed by atoms with Crippen molar-refractivity contribution < 1.29 is 42.6 Å². The highest BCUT2D eigenvalue weighted by molar-refractivity contribution is 7.46. The normalized spacial score (nSPS) is 30.7. The van der Waals surface area contributed by atoms with Crippen LogP contribution in [0.1, 0.15) is 46.5 Å². The topological polar surface area (TPSA) is 182 Å². The van der Waals surface area contributed by atoms with Crippen LogP contribution in [0.3, 0.4) is 0 Å². The molecule has 7 atom stereocenters. The number of rotatable bonds is 14. The van der Waals surface area contributed by atoms with Crippen LogP contribution in [0.4, 0.5) is 0 Å². The smallest absolute Gasteiger partial charge is 0.463 e. The maximum Gasteiger partial charge on any atom is 0.469 e. The van der Waals surface area contributed by atoms with Crippen LogP contribution in [-0.2, 0) is 32.8 Å². The minimum absolute atomic E-state index is 0.0537. The van der Waals surface area contributed by atoms with E-state index in [0.29, 0.717) is 25.3 Å². The van der Waals surface area contributed by atoms with Crippen LogP contribution in [0, 0.1) is 5.92 Å². The minimum Gasteiger partial charge on any atom is -0.463 e. The SMILES string of the molecule is CC1CC(C)C(COC(=O)CCCNCC(N=[N+]=[N-])OC2CC(C)OC2COP(=O)(O)O)O1. The standard InChI is InChI=1S/C19H35N4O9P/c1-12-7-13(2)30-16(12)10-28-19(24)5-4-6-21-9-18(22-23-20)32-15-8-14(3)31-17(15)11-29-33(25,26)27/h12-18,21H,4-11H2,1-3H3,(H2,25,26,27). The summed E-state index contributed by atoms with van der Waals surface area (Å²) >= 11 is 0. The van der Waals surface area contributed by atoms with Crippen molar-refractivity contribution in [1.29, 1.82) is 0 Å². The van der Waals surface area contributed by atoms with Gasteiger partial charge >= 0.3 is 13.8 Å². The van der Waals surface area contributed by atoms with E-state index in [-0.39, 0.29) is 50.5 Å². The molecule has 2 rings (SSSR count). The van der Waals surface area contributed by atoms with Gasteiger partial charge in [-0.25, -0.2) is 4.57 Å². The number of phosphoric ester groups is 1. The Labute approximate surface area is 193 Å². The molecule has 2 heterocycles. The molecule has 0 aromatic heterocycles. The number of azide groups is 1. The van der Waals surface area contributed by atoms with Gasteiger partial charge in [0.25, 0.3) is 0 Å². The predicted molar refractivity (Wildman–Crippen MR) is 116 cm³/mol. The summed E-state index contributed by atoms with van der Waals surface area (Å²) in [5.41, 5.74) is 8.82. The zero-order chi connectivity index (χ0) is 24.4. The third kappa shape index (κ3) is 10.7. The van der Waals surface area contributed by atoms with E-state index in [1.807, 2.05) is 6.92 Å². The number of nitrogens with zero attached hydrogens (tertiary/aromatic N) is 3. The molecule has 190 valence electrons. The molecule has 3 N–H and O–H groups in total. The Bertz CT molecular complexity index is 717. The van der Waals surface area contributed by atoms with E-state index in [1.165, 1.54) is 0 Å².